The van der Waals surface area contributed by atoms with Crippen LogP contribution in [0.4, 0.5) is 5.82 Å². The molecule has 0 saturated carbocycles. The molecular formula is C21H19N5O2. The van der Waals surface area contributed by atoms with Gasteiger partial charge >= 0.3 is 0 Å². The SMILES string of the molecule is c1ccc(-c2cc(-c3nc(-c4ccc(N5CCCCC5)nc4)no3)no2)cc1. The highest BCUT2D eigenvalue weighted by atomic mass is 16.5. The molecular weight excluding hydrogens is 354 g/mol. The van der Waals surface area contributed by atoms with Crippen molar-refractivity contribution in [3.63, 3.8) is 0 Å². The summed E-state index contributed by atoms with van der Waals surface area (Å²) in [5.74, 6) is 2.46. The highest BCUT2D eigenvalue weighted by Crippen LogP contribution is 2.27. The zero-order chi connectivity index (χ0) is 18.8. The van der Waals surface area contributed by atoms with E-state index >= 15 is 0 Å². The van der Waals surface area contributed by atoms with Crippen LogP contribution in [-0.4, -0.2) is 33.4 Å². The van der Waals surface area contributed by atoms with Crippen LogP contribution in [0.25, 0.3) is 34.3 Å². The van der Waals surface area contributed by atoms with Crippen molar-refractivity contribution in [1.82, 2.24) is 20.3 Å². The van der Waals surface area contributed by atoms with Crippen LogP contribution in [0, 0.1) is 0 Å². The number of hydrogen-bond donors (Lipinski definition) is 0. The topological polar surface area (TPSA) is 81.1 Å². The lowest BCUT2D eigenvalue weighted by molar-refractivity contribution is 0.411. The molecule has 1 aromatic carbocycles. The summed E-state index contributed by atoms with van der Waals surface area (Å²) in [6.07, 6.45) is 5.53. The van der Waals surface area contributed by atoms with Gasteiger partial charge in [0.25, 0.3) is 5.89 Å². The molecule has 1 aliphatic heterocycles. The summed E-state index contributed by atoms with van der Waals surface area (Å²) < 4.78 is 10.8. The van der Waals surface area contributed by atoms with Crippen LogP contribution in [0.5, 0.6) is 0 Å². The number of nitrogens with zero attached hydrogens (tertiary/aromatic N) is 5. The molecule has 0 amide bonds. The fourth-order valence-corrected chi connectivity index (χ4v) is 3.39. The molecule has 5 rings (SSSR count). The molecule has 0 atom stereocenters. The number of anilines is 1. The molecule has 140 valence electrons. The number of piperidine rings is 1. The Balaban J connectivity index is 1.35. The molecule has 0 spiro atoms. The third kappa shape index (κ3) is 3.26. The van der Waals surface area contributed by atoms with E-state index in [1.807, 2.05) is 42.5 Å². The molecule has 4 heterocycles. The maximum atomic E-state index is 5.41. The summed E-state index contributed by atoms with van der Waals surface area (Å²) in [6.45, 7) is 2.13. The lowest BCUT2D eigenvalue weighted by atomic mass is 10.1. The van der Waals surface area contributed by atoms with Gasteiger partial charge in [0.15, 0.2) is 11.5 Å². The summed E-state index contributed by atoms with van der Waals surface area (Å²) in [6, 6.07) is 15.5. The van der Waals surface area contributed by atoms with E-state index in [9.17, 15) is 0 Å². The van der Waals surface area contributed by atoms with Crippen LogP contribution in [0.3, 0.4) is 0 Å². The van der Waals surface area contributed by atoms with E-state index in [0.717, 1.165) is 30.0 Å². The van der Waals surface area contributed by atoms with Crippen LogP contribution in [0.2, 0.25) is 0 Å². The largest absolute Gasteiger partial charge is 0.357 e. The first-order chi connectivity index (χ1) is 13.9. The predicted octanol–water partition coefficient (Wildman–Crippen LogP) is 4.44. The number of pyridine rings is 1. The van der Waals surface area contributed by atoms with Crippen molar-refractivity contribution in [3.05, 3.63) is 54.7 Å². The number of benzene rings is 1. The van der Waals surface area contributed by atoms with E-state index < -0.39 is 0 Å². The van der Waals surface area contributed by atoms with E-state index in [-0.39, 0.29) is 0 Å². The van der Waals surface area contributed by atoms with Crippen molar-refractivity contribution >= 4 is 5.82 Å². The van der Waals surface area contributed by atoms with Gasteiger partial charge in [0.05, 0.1) is 0 Å². The van der Waals surface area contributed by atoms with Gasteiger partial charge in [-0.25, -0.2) is 4.98 Å². The fourth-order valence-electron chi connectivity index (χ4n) is 3.39. The lowest BCUT2D eigenvalue weighted by Crippen LogP contribution is -2.29. The Morgan fingerprint density at radius 2 is 1.68 bits per heavy atom. The molecule has 0 radical (unpaired) electrons. The van der Waals surface area contributed by atoms with Crippen molar-refractivity contribution in [2.24, 2.45) is 0 Å². The first-order valence-electron chi connectivity index (χ1n) is 9.44. The molecule has 1 aliphatic rings. The van der Waals surface area contributed by atoms with E-state index in [2.05, 4.69) is 25.2 Å². The Kier molecular flexibility index (Phi) is 4.33. The smallest absolute Gasteiger partial charge is 0.280 e. The van der Waals surface area contributed by atoms with E-state index in [0.29, 0.717) is 23.2 Å². The van der Waals surface area contributed by atoms with Gasteiger partial charge in [-0.2, -0.15) is 4.98 Å². The minimum Gasteiger partial charge on any atom is -0.357 e. The molecule has 7 nitrogen and oxygen atoms in total. The van der Waals surface area contributed by atoms with Gasteiger partial charge in [0.2, 0.25) is 5.82 Å². The van der Waals surface area contributed by atoms with Crippen molar-refractivity contribution in [3.8, 4) is 34.3 Å². The molecule has 1 saturated heterocycles. The molecule has 0 bridgehead atoms. The van der Waals surface area contributed by atoms with E-state index in [1.54, 1.807) is 12.3 Å². The standard InChI is InChI=1S/C21H19N5O2/c1-3-7-15(8-4-1)18-13-17(24-27-18)21-23-20(25-28-21)16-9-10-19(22-14-16)26-11-5-2-6-12-26/h1,3-4,7-10,13-14H,2,5-6,11-12H2. The quantitative estimate of drug-likeness (QED) is 0.523. The predicted molar refractivity (Wildman–Crippen MR) is 105 cm³/mol. The lowest BCUT2D eigenvalue weighted by Gasteiger charge is -2.27. The Bertz CT molecular complexity index is 1050. The van der Waals surface area contributed by atoms with Crippen LogP contribution >= 0.6 is 0 Å². The number of hydrogen-bond acceptors (Lipinski definition) is 7. The van der Waals surface area contributed by atoms with Crippen molar-refractivity contribution in [1.29, 1.82) is 0 Å². The maximum Gasteiger partial charge on any atom is 0.280 e. The minimum absolute atomic E-state index is 0.320. The maximum absolute atomic E-state index is 5.41. The summed E-state index contributed by atoms with van der Waals surface area (Å²) in [4.78, 5) is 11.3. The van der Waals surface area contributed by atoms with Crippen LogP contribution in [0.1, 0.15) is 19.3 Å². The second-order valence-corrected chi connectivity index (χ2v) is 6.82. The third-order valence-electron chi connectivity index (χ3n) is 4.90. The zero-order valence-corrected chi connectivity index (χ0v) is 15.3. The van der Waals surface area contributed by atoms with Gasteiger partial charge in [-0.05, 0) is 31.4 Å². The van der Waals surface area contributed by atoms with Crippen LogP contribution < -0.4 is 4.90 Å². The highest BCUT2D eigenvalue weighted by Gasteiger charge is 2.17. The first-order valence-corrected chi connectivity index (χ1v) is 9.44. The van der Waals surface area contributed by atoms with Gasteiger partial charge < -0.3 is 13.9 Å². The molecule has 7 heteroatoms. The van der Waals surface area contributed by atoms with Crippen molar-refractivity contribution in [2.75, 3.05) is 18.0 Å². The van der Waals surface area contributed by atoms with Gasteiger partial charge in [0.1, 0.15) is 5.82 Å². The molecule has 28 heavy (non-hydrogen) atoms. The van der Waals surface area contributed by atoms with Gasteiger partial charge in [0, 0.05) is 36.5 Å². The fraction of sp³-hybridized carbons (Fsp3) is 0.238. The minimum atomic E-state index is 0.320. The first kappa shape index (κ1) is 16.7. The Morgan fingerprint density at radius 1 is 0.821 bits per heavy atom. The highest BCUT2D eigenvalue weighted by molar-refractivity contribution is 5.64. The summed E-state index contributed by atoms with van der Waals surface area (Å²) in [5.41, 5.74) is 2.26. The van der Waals surface area contributed by atoms with E-state index in [1.165, 1.54) is 19.3 Å². The number of aromatic nitrogens is 4. The molecule has 4 aromatic rings. The van der Waals surface area contributed by atoms with Crippen LogP contribution in [0.15, 0.2) is 63.8 Å². The van der Waals surface area contributed by atoms with Crippen LogP contribution in [-0.2, 0) is 0 Å². The van der Waals surface area contributed by atoms with E-state index in [4.69, 9.17) is 9.05 Å². The average molecular weight is 373 g/mol. The Hall–Kier alpha value is -3.48. The summed E-state index contributed by atoms with van der Waals surface area (Å²) in [7, 11) is 0. The summed E-state index contributed by atoms with van der Waals surface area (Å²) in [5, 5.41) is 8.12. The zero-order valence-electron chi connectivity index (χ0n) is 15.3. The average Bonchev–Trinajstić information content (AvgIpc) is 3.45. The third-order valence-corrected chi connectivity index (χ3v) is 4.90. The molecule has 0 unspecified atom stereocenters. The molecule has 0 N–H and O–H groups in total. The Morgan fingerprint density at radius 3 is 2.46 bits per heavy atom. The monoisotopic (exact) mass is 373 g/mol. The molecule has 1 fully saturated rings. The number of rotatable bonds is 4. The van der Waals surface area contributed by atoms with Gasteiger partial charge in [-0.1, -0.05) is 40.6 Å². The second-order valence-electron chi connectivity index (χ2n) is 6.82. The molecule has 3 aromatic heterocycles. The van der Waals surface area contributed by atoms with Gasteiger partial charge in [-0.15, -0.1) is 0 Å². The summed E-state index contributed by atoms with van der Waals surface area (Å²) >= 11 is 0. The molecule has 0 aliphatic carbocycles. The second kappa shape index (κ2) is 7.26. The normalized spacial score (nSPS) is 14.4. The van der Waals surface area contributed by atoms with Crippen molar-refractivity contribution < 1.29 is 9.05 Å². The Labute approximate surface area is 162 Å². The van der Waals surface area contributed by atoms with Crippen molar-refractivity contribution in [2.45, 2.75) is 19.3 Å². The van der Waals surface area contributed by atoms with Gasteiger partial charge in [-0.3, -0.25) is 0 Å².